The van der Waals surface area contributed by atoms with E-state index in [1.807, 2.05) is 89.9 Å². The van der Waals surface area contributed by atoms with Crippen LogP contribution in [-0.2, 0) is 0 Å². The number of benzene rings is 3. The fourth-order valence-electron chi connectivity index (χ4n) is 4.45. The van der Waals surface area contributed by atoms with Gasteiger partial charge in [0, 0.05) is 28.0 Å². The zero-order valence-corrected chi connectivity index (χ0v) is 19.7. The smallest absolute Gasteiger partial charge is 0.248 e. The van der Waals surface area contributed by atoms with Gasteiger partial charge in [-0.3, -0.25) is 0 Å². The van der Waals surface area contributed by atoms with Crippen molar-refractivity contribution in [2.45, 2.75) is 12.5 Å². The Hall–Kier alpha value is -4.16. The molecule has 3 aromatic carbocycles. The minimum Gasteiger partial charge on any atom is -0.496 e. The highest BCUT2D eigenvalue weighted by molar-refractivity contribution is 6.31. The molecule has 172 valence electrons. The molecule has 0 bridgehead atoms. The highest BCUT2D eigenvalue weighted by Gasteiger charge is 2.35. The Bertz CT molecular complexity index is 1530. The molecule has 0 unspecified atom stereocenters. The highest BCUT2D eigenvalue weighted by Crippen LogP contribution is 2.39. The van der Waals surface area contributed by atoms with Gasteiger partial charge < -0.3 is 9.15 Å². The molecule has 6 rings (SSSR count). The van der Waals surface area contributed by atoms with Gasteiger partial charge in [-0.2, -0.15) is 5.10 Å². The predicted octanol–water partition coefficient (Wildman–Crippen LogP) is 6.91. The Balaban J connectivity index is 1.54. The number of fused-ring (bicyclic) bond motifs is 1. The van der Waals surface area contributed by atoms with Crippen molar-refractivity contribution in [2.75, 3.05) is 12.1 Å². The van der Waals surface area contributed by atoms with Crippen LogP contribution in [0.5, 0.6) is 5.75 Å². The maximum atomic E-state index is 6.34. The second-order valence-electron chi connectivity index (χ2n) is 8.23. The quantitative estimate of drug-likeness (QED) is 0.273. The summed E-state index contributed by atoms with van der Waals surface area (Å²) in [6.45, 7) is 0. The van der Waals surface area contributed by atoms with Crippen molar-refractivity contribution in [3.63, 3.8) is 0 Å². The van der Waals surface area contributed by atoms with Gasteiger partial charge in [-0.1, -0.05) is 54.1 Å². The summed E-state index contributed by atoms with van der Waals surface area (Å²) >= 11 is 6.34. The molecule has 1 atom stereocenters. The molecule has 2 aromatic heterocycles. The lowest BCUT2D eigenvalue weighted by molar-refractivity contribution is 0.414. The number of furan rings is 1. The SMILES string of the molecule is COc1ccccc1C1=NN(c2nc(-c3ccccc3)c3cc(Cl)ccc3n2)[C@H](c2ccco2)C1. The second-order valence-corrected chi connectivity index (χ2v) is 8.66. The lowest BCUT2D eigenvalue weighted by atomic mass is 10.0. The van der Waals surface area contributed by atoms with Gasteiger partial charge in [0.2, 0.25) is 5.95 Å². The maximum absolute atomic E-state index is 6.34. The highest BCUT2D eigenvalue weighted by atomic mass is 35.5. The summed E-state index contributed by atoms with van der Waals surface area (Å²) < 4.78 is 11.4. The molecule has 0 amide bonds. The van der Waals surface area contributed by atoms with Crippen LogP contribution in [0.4, 0.5) is 5.95 Å². The summed E-state index contributed by atoms with van der Waals surface area (Å²) in [5.74, 6) is 2.05. The van der Waals surface area contributed by atoms with Crippen LogP contribution in [0.15, 0.2) is 101 Å². The van der Waals surface area contributed by atoms with Gasteiger partial charge in [0.05, 0.1) is 30.3 Å². The first-order valence-electron chi connectivity index (χ1n) is 11.3. The number of para-hydroxylation sites is 1. The van der Waals surface area contributed by atoms with Crippen molar-refractivity contribution in [2.24, 2.45) is 5.10 Å². The zero-order chi connectivity index (χ0) is 23.8. The lowest BCUT2D eigenvalue weighted by Gasteiger charge is -2.21. The second kappa shape index (κ2) is 8.89. The first kappa shape index (κ1) is 21.4. The molecule has 0 saturated heterocycles. The van der Waals surface area contributed by atoms with Gasteiger partial charge in [-0.05, 0) is 42.5 Å². The zero-order valence-electron chi connectivity index (χ0n) is 18.9. The topological polar surface area (TPSA) is 63.8 Å². The largest absolute Gasteiger partial charge is 0.496 e. The lowest BCUT2D eigenvalue weighted by Crippen LogP contribution is -2.20. The van der Waals surface area contributed by atoms with Crippen LogP contribution in [-0.4, -0.2) is 22.8 Å². The number of methoxy groups -OCH3 is 1. The molecule has 6 nitrogen and oxygen atoms in total. The van der Waals surface area contributed by atoms with Crippen LogP contribution < -0.4 is 9.75 Å². The minimum atomic E-state index is -0.196. The summed E-state index contributed by atoms with van der Waals surface area (Å²) in [6.07, 6.45) is 2.30. The number of hydrogen-bond acceptors (Lipinski definition) is 6. The normalized spacial score (nSPS) is 15.4. The molecule has 5 aromatic rings. The van der Waals surface area contributed by atoms with Crippen molar-refractivity contribution < 1.29 is 9.15 Å². The molecule has 0 N–H and O–H groups in total. The van der Waals surface area contributed by atoms with Crippen LogP contribution in [0.3, 0.4) is 0 Å². The first-order chi connectivity index (χ1) is 17.2. The molecule has 0 spiro atoms. The minimum absolute atomic E-state index is 0.196. The number of halogens is 1. The molecule has 0 saturated carbocycles. The summed E-state index contributed by atoms with van der Waals surface area (Å²) in [6, 6.07) is 27.2. The summed E-state index contributed by atoms with van der Waals surface area (Å²) in [5, 5.41) is 8.36. The predicted molar refractivity (Wildman–Crippen MR) is 138 cm³/mol. The van der Waals surface area contributed by atoms with Crippen LogP contribution in [0.1, 0.15) is 23.8 Å². The van der Waals surface area contributed by atoms with E-state index < -0.39 is 0 Å². The summed E-state index contributed by atoms with van der Waals surface area (Å²) in [4.78, 5) is 9.89. The molecular formula is C28H21ClN4O2. The standard InChI is InChI=1S/C28H21ClN4O2/c1-34-25-11-6-5-10-20(25)23-17-24(26-12-7-15-35-26)33(32-23)28-30-22-14-13-19(29)16-21(22)27(31-28)18-8-3-2-4-9-18/h2-16,24H,17H2,1H3/t24-/m0/s1. The summed E-state index contributed by atoms with van der Waals surface area (Å²) in [7, 11) is 1.67. The number of hydrazone groups is 1. The van der Waals surface area contributed by atoms with E-state index in [1.165, 1.54) is 0 Å². The molecule has 0 fully saturated rings. The van der Waals surface area contributed by atoms with Gasteiger partial charge in [0.15, 0.2) is 0 Å². The number of hydrogen-bond donors (Lipinski definition) is 0. The number of ether oxygens (including phenoxy) is 1. The van der Waals surface area contributed by atoms with Gasteiger partial charge in [-0.15, -0.1) is 0 Å². The maximum Gasteiger partial charge on any atom is 0.248 e. The van der Waals surface area contributed by atoms with Crippen LogP contribution in [0, 0.1) is 0 Å². The van der Waals surface area contributed by atoms with Crippen LogP contribution in [0.2, 0.25) is 5.02 Å². The monoisotopic (exact) mass is 480 g/mol. The Morgan fingerprint density at radius 2 is 1.77 bits per heavy atom. The fourth-order valence-corrected chi connectivity index (χ4v) is 4.62. The van der Waals surface area contributed by atoms with Crippen molar-refractivity contribution in [1.29, 1.82) is 0 Å². The van der Waals surface area contributed by atoms with Gasteiger partial charge in [0.1, 0.15) is 17.6 Å². The van der Waals surface area contributed by atoms with Gasteiger partial charge >= 0.3 is 0 Å². The van der Waals surface area contributed by atoms with E-state index in [1.54, 1.807) is 13.4 Å². The van der Waals surface area contributed by atoms with E-state index in [4.69, 9.17) is 35.8 Å². The Morgan fingerprint density at radius 3 is 2.57 bits per heavy atom. The Labute approximate surface area is 207 Å². The molecule has 3 heterocycles. The average Bonchev–Trinajstić information content (AvgIpc) is 3.59. The van der Waals surface area contributed by atoms with E-state index >= 15 is 0 Å². The molecule has 1 aliphatic heterocycles. The fraction of sp³-hybridized carbons (Fsp3) is 0.107. The molecule has 7 heteroatoms. The van der Waals surface area contributed by atoms with Crippen molar-refractivity contribution in [3.05, 3.63) is 108 Å². The van der Waals surface area contributed by atoms with Gasteiger partial charge in [0.25, 0.3) is 0 Å². The Morgan fingerprint density at radius 1 is 0.943 bits per heavy atom. The number of anilines is 1. The third-order valence-corrected chi connectivity index (χ3v) is 6.33. The van der Waals surface area contributed by atoms with E-state index in [2.05, 4.69) is 0 Å². The molecule has 0 aliphatic carbocycles. The Kier molecular flexibility index (Phi) is 5.43. The van der Waals surface area contributed by atoms with Crippen LogP contribution >= 0.6 is 11.6 Å². The number of nitrogens with zero attached hydrogens (tertiary/aromatic N) is 4. The van der Waals surface area contributed by atoms with Crippen LogP contribution in [0.25, 0.3) is 22.2 Å². The van der Waals surface area contributed by atoms with E-state index in [9.17, 15) is 0 Å². The van der Waals surface area contributed by atoms with Crippen molar-refractivity contribution in [3.8, 4) is 17.0 Å². The van der Waals surface area contributed by atoms with E-state index in [0.717, 1.165) is 44.9 Å². The van der Waals surface area contributed by atoms with Crippen molar-refractivity contribution >= 4 is 34.2 Å². The molecular weight excluding hydrogens is 460 g/mol. The molecule has 1 aliphatic rings. The number of aromatic nitrogens is 2. The third kappa shape index (κ3) is 3.92. The average molecular weight is 481 g/mol. The number of rotatable bonds is 5. The van der Waals surface area contributed by atoms with Crippen molar-refractivity contribution in [1.82, 2.24) is 9.97 Å². The molecule has 0 radical (unpaired) electrons. The summed E-state index contributed by atoms with van der Waals surface area (Å²) in [5.41, 5.74) is 4.38. The van der Waals surface area contributed by atoms with Gasteiger partial charge in [-0.25, -0.2) is 15.0 Å². The molecule has 35 heavy (non-hydrogen) atoms. The first-order valence-corrected chi connectivity index (χ1v) is 11.7. The van der Waals surface area contributed by atoms with E-state index in [0.29, 0.717) is 17.4 Å². The van der Waals surface area contributed by atoms with E-state index in [-0.39, 0.29) is 6.04 Å². The third-order valence-electron chi connectivity index (χ3n) is 6.10.